The maximum absolute atomic E-state index is 4.98. The van der Waals surface area contributed by atoms with E-state index in [-0.39, 0.29) is 0 Å². The number of hydrogen-bond donors (Lipinski definition) is 0. The van der Waals surface area contributed by atoms with Crippen LogP contribution >= 0.6 is 15.9 Å². The van der Waals surface area contributed by atoms with Crippen molar-refractivity contribution in [2.24, 2.45) is 0 Å². The van der Waals surface area contributed by atoms with Crippen LogP contribution in [0, 0.1) is 0 Å². The van der Waals surface area contributed by atoms with Crippen LogP contribution in [-0.4, -0.2) is 21.9 Å². The molecule has 0 saturated carbocycles. The minimum atomic E-state index is 0.467. The van der Waals surface area contributed by atoms with E-state index in [1.165, 1.54) is 0 Å². The molecule has 4 heteroatoms. The summed E-state index contributed by atoms with van der Waals surface area (Å²) >= 11 is 3.55. The van der Waals surface area contributed by atoms with Gasteiger partial charge in [0, 0.05) is 17.4 Å². The third-order valence-corrected chi connectivity index (χ3v) is 2.72. The number of methoxy groups -OCH3 is 1. The SMILES string of the molecule is CCC(Br)Cc1cncc(OC)n1. The van der Waals surface area contributed by atoms with E-state index in [0.29, 0.717) is 10.7 Å². The molecule has 3 nitrogen and oxygen atoms in total. The Bertz CT molecular complexity index is 268. The topological polar surface area (TPSA) is 35.0 Å². The molecule has 0 spiro atoms. The van der Waals surface area contributed by atoms with E-state index in [1.807, 2.05) is 0 Å². The summed E-state index contributed by atoms with van der Waals surface area (Å²) in [6, 6.07) is 0. The summed E-state index contributed by atoms with van der Waals surface area (Å²) in [5, 5.41) is 0. The highest BCUT2D eigenvalue weighted by atomic mass is 79.9. The monoisotopic (exact) mass is 244 g/mol. The van der Waals surface area contributed by atoms with Gasteiger partial charge in [-0.25, -0.2) is 4.98 Å². The lowest BCUT2D eigenvalue weighted by molar-refractivity contribution is 0.393. The smallest absolute Gasteiger partial charge is 0.232 e. The highest BCUT2D eigenvalue weighted by Crippen LogP contribution is 2.12. The lowest BCUT2D eigenvalue weighted by Crippen LogP contribution is -2.04. The third-order valence-electron chi connectivity index (χ3n) is 1.75. The molecule has 1 aromatic rings. The van der Waals surface area contributed by atoms with Gasteiger partial charge in [0.25, 0.3) is 0 Å². The Kier molecular flexibility index (Phi) is 4.15. The van der Waals surface area contributed by atoms with E-state index in [9.17, 15) is 0 Å². The van der Waals surface area contributed by atoms with Crippen LogP contribution in [0.1, 0.15) is 19.0 Å². The summed E-state index contributed by atoms with van der Waals surface area (Å²) in [6.45, 7) is 2.13. The van der Waals surface area contributed by atoms with Crippen LogP contribution in [0.3, 0.4) is 0 Å². The van der Waals surface area contributed by atoms with E-state index in [0.717, 1.165) is 18.5 Å². The molecule has 0 saturated heterocycles. The van der Waals surface area contributed by atoms with Crippen molar-refractivity contribution in [3.05, 3.63) is 18.1 Å². The fourth-order valence-corrected chi connectivity index (χ4v) is 1.29. The lowest BCUT2D eigenvalue weighted by Gasteiger charge is -2.06. The van der Waals surface area contributed by atoms with E-state index in [1.54, 1.807) is 19.5 Å². The van der Waals surface area contributed by atoms with Gasteiger partial charge < -0.3 is 4.74 Å². The van der Waals surface area contributed by atoms with Crippen molar-refractivity contribution in [2.75, 3.05) is 7.11 Å². The predicted molar refractivity (Wildman–Crippen MR) is 55.3 cm³/mol. The number of hydrogen-bond acceptors (Lipinski definition) is 3. The average molecular weight is 245 g/mol. The van der Waals surface area contributed by atoms with Gasteiger partial charge in [0.05, 0.1) is 19.0 Å². The van der Waals surface area contributed by atoms with Gasteiger partial charge in [0.1, 0.15) is 0 Å². The quantitative estimate of drug-likeness (QED) is 0.763. The Morgan fingerprint density at radius 1 is 1.54 bits per heavy atom. The number of rotatable bonds is 4. The van der Waals surface area contributed by atoms with Gasteiger partial charge in [0.15, 0.2) is 0 Å². The summed E-state index contributed by atoms with van der Waals surface area (Å²) in [5.41, 5.74) is 0.961. The number of halogens is 1. The molecule has 0 bridgehead atoms. The molecule has 0 aliphatic carbocycles. The van der Waals surface area contributed by atoms with Crippen LogP contribution < -0.4 is 4.74 Å². The normalized spacial score (nSPS) is 12.5. The van der Waals surface area contributed by atoms with Crippen LogP contribution in [0.5, 0.6) is 5.88 Å². The van der Waals surface area contributed by atoms with Gasteiger partial charge in [0.2, 0.25) is 5.88 Å². The first-order chi connectivity index (χ1) is 6.26. The van der Waals surface area contributed by atoms with Crippen molar-refractivity contribution in [2.45, 2.75) is 24.6 Å². The van der Waals surface area contributed by atoms with Crippen LogP contribution in [0.15, 0.2) is 12.4 Å². The molecule has 0 radical (unpaired) electrons. The molecule has 72 valence electrons. The molecular formula is C9H13BrN2O. The van der Waals surface area contributed by atoms with E-state index in [2.05, 4.69) is 32.8 Å². The molecule has 1 rings (SSSR count). The van der Waals surface area contributed by atoms with Gasteiger partial charge in [-0.05, 0) is 6.42 Å². The van der Waals surface area contributed by atoms with Crippen molar-refractivity contribution in [1.29, 1.82) is 0 Å². The van der Waals surface area contributed by atoms with Gasteiger partial charge in [-0.1, -0.05) is 22.9 Å². The minimum Gasteiger partial charge on any atom is -0.480 e. The molecule has 0 amide bonds. The Balaban J connectivity index is 2.66. The number of aromatic nitrogens is 2. The van der Waals surface area contributed by atoms with Crippen LogP contribution in [0.4, 0.5) is 0 Å². The first-order valence-electron chi connectivity index (χ1n) is 4.25. The van der Waals surface area contributed by atoms with Gasteiger partial charge in [-0.2, -0.15) is 0 Å². The van der Waals surface area contributed by atoms with Crippen molar-refractivity contribution >= 4 is 15.9 Å². The number of ether oxygens (including phenoxy) is 1. The molecule has 13 heavy (non-hydrogen) atoms. The second-order valence-electron chi connectivity index (χ2n) is 2.76. The summed E-state index contributed by atoms with van der Waals surface area (Å²) in [4.78, 5) is 8.77. The highest BCUT2D eigenvalue weighted by molar-refractivity contribution is 9.09. The summed E-state index contributed by atoms with van der Waals surface area (Å²) in [7, 11) is 1.60. The molecular weight excluding hydrogens is 232 g/mol. The zero-order chi connectivity index (χ0) is 9.68. The molecule has 1 heterocycles. The third kappa shape index (κ3) is 3.30. The van der Waals surface area contributed by atoms with Crippen LogP contribution in [0.25, 0.3) is 0 Å². The Morgan fingerprint density at radius 2 is 2.31 bits per heavy atom. The fourth-order valence-electron chi connectivity index (χ4n) is 0.954. The summed E-state index contributed by atoms with van der Waals surface area (Å²) in [6.07, 6.45) is 5.35. The average Bonchev–Trinajstić information content (AvgIpc) is 2.18. The van der Waals surface area contributed by atoms with E-state index >= 15 is 0 Å². The molecule has 0 aliphatic rings. The second kappa shape index (κ2) is 5.17. The van der Waals surface area contributed by atoms with Gasteiger partial charge >= 0.3 is 0 Å². The van der Waals surface area contributed by atoms with E-state index < -0.39 is 0 Å². The van der Waals surface area contributed by atoms with Crippen molar-refractivity contribution in [3.8, 4) is 5.88 Å². The van der Waals surface area contributed by atoms with Gasteiger partial charge in [-0.3, -0.25) is 4.98 Å². The first-order valence-corrected chi connectivity index (χ1v) is 5.16. The Hall–Kier alpha value is -0.640. The van der Waals surface area contributed by atoms with Crippen LogP contribution in [0.2, 0.25) is 0 Å². The first kappa shape index (κ1) is 10.4. The zero-order valence-electron chi connectivity index (χ0n) is 7.83. The Morgan fingerprint density at radius 3 is 2.92 bits per heavy atom. The lowest BCUT2D eigenvalue weighted by atomic mass is 10.2. The molecule has 0 aromatic carbocycles. The fraction of sp³-hybridized carbons (Fsp3) is 0.556. The largest absolute Gasteiger partial charge is 0.480 e. The Labute approximate surface area is 86.7 Å². The van der Waals surface area contributed by atoms with Gasteiger partial charge in [-0.15, -0.1) is 0 Å². The molecule has 1 atom stereocenters. The zero-order valence-corrected chi connectivity index (χ0v) is 9.41. The standard InChI is InChI=1S/C9H13BrN2O/c1-3-7(10)4-8-5-11-6-9(12-8)13-2/h5-7H,3-4H2,1-2H3. The molecule has 0 fully saturated rings. The number of alkyl halides is 1. The molecule has 1 aromatic heterocycles. The van der Waals surface area contributed by atoms with Crippen molar-refractivity contribution < 1.29 is 4.74 Å². The van der Waals surface area contributed by atoms with Crippen molar-refractivity contribution in [3.63, 3.8) is 0 Å². The summed E-state index contributed by atoms with van der Waals surface area (Å²) < 4.78 is 4.98. The highest BCUT2D eigenvalue weighted by Gasteiger charge is 2.05. The maximum Gasteiger partial charge on any atom is 0.232 e. The molecule has 0 N–H and O–H groups in total. The number of nitrogens with zero attached hydrogens (tertiary/aromatic N) is 2. The predicted octanol–water partition coefficient (Wildman–Crippen LogP) is 2.20. The van der Waals surface area contributed by atoms with E-state index in [4.69, 9.17) is 4.74 Å². The summed E-state index contributed by atoms with van der Waals surface area (Å²) in [5.74, 6) is 0.577. The minimum absolute atomic E-state index is 0.467. The van der Waals surface area contributed by atoms with Crippen molar-refractivity contribution in [1.82, 2.24) is 9.97 Å². The molecule has 0 aliphatic heterocycles. The van der Waals surface area contributed by atoms with Crippen LogP contribution in [-0.2, 0) is 6.42 Å². The molecule has 1 unspecified atom stereocenters. The maximum atomic E-state index is 4.98. The second-order valence-corrected chi connectivity index (χ2v) is 4.06.